The van der Waals surface area contributed by atoms with Crippen molar-refractivity contribution in [3.05, 3.63) is 107 Å². The quantitative estimate of drug-likeness (QED) is 0.339. The molecule has 0 spiro atoms. The molecule has 2 heteroatoms. The van der Waals surface area contributed by atoms with Gasteiger partial charge in [0.2, 0.25) is 0 Å². The van der Waals surface area contributed by atoms with Crippen LogP contribution < -0.4 is 0 Å². The molecule has 0 heterocycles. The molecule has 2 aliphatic rings. The Morgan fingerprint density at radius 3 is 2.48 bits per heavy atom. The molecule has 31 heavy (non-hydrogen) atoms. The average Bonchev–Trinajstić information content (AvgIpc) is 2.83. The molecule has 4 aromatic carbocycles. The maximum absolute atomic E-state index is 10.6. The van der Waals surface area contributed by atoms with E-state index in [9.17, 15) is 9.90 Å². The Bertz CT molecular complexity index is 1350. The van der Waals surface area contributed by atoms with E-state index in [2.05, 4.69) is 30.4 Å². The van der Waals surface area contributed by atoms with Crippen molar-refractivity contribution in [3.63, 3.8) is 0 Å². The number of carbonyl (C=O) groups excluding carboxylic acids is 1. The topological polar surface area (TPSA) is 37.3 Å². The van der Waals surface area contributed by atoms with E-state index < -0.39 is 0 Å². The Hall–Kier alpha value is -3.65. The summed E-state index contributed by atoms with van der Waals surface area (Å²) in [5, 5.41) is 14.5. The molecule has 152 valence electrons. The third-order valence-electron chi connectivity index (χ3n) is 6.33. The van der Waals surface area contributed by atoms with E-state index in [-0.39, 0.29) is 0 Å². The molecule has 0 unspecified atom stereocenters. The molecule has 0 radical (unpaired) electrons. The van der Waals surface area contributed by atoms with Crippen LogP contribution in [0.25, 0.3) is 27.1 Å². The summed E-state index contributed by atoms with van der Waals surface area (Å²) in [6.45, 7) is 0. The predicted octanol–water partition coefficient (Wildman–Crippen LogP) is 7.25. The lowest BCUT2D eigenvalue weighted by molar-refractivity contribution is 0.112. The highest BCUT2D eigenvalue weighted by Gasteiger charge is 2.21. The van der Waals surface area contributed by atoms with Gasteiger partial charge in [-0.25, -0.2) is 0 Å². The zero-order valence-electron chi connectivity index (χ0n) is 17.3. The second-order valence-corrected chi connectivity index (χ2v) is 8.11. The number of fused-ring (bicyclic) bond motifs is 5. The Labute approximate surface area is 182 Å². The first-order valence-corrected chi connectivity index (χ1v) is 10.8. The Morgan fingerprint density at radius 2 is 1.58 bits per heavy atom. The highest BCUT2D eigenvalue weighted by atomic mass is 16.3. The number of aldehydes is 1. The molecular formula is C29H24O2. The van der Waals surface area contributed by atoms with Gasteiger partial charge in [0.05, 0.1) is 0 Å². The molecule has 0 saturated carbocycles. The van der Waals surface area contributed by atoms with Gasteiger partial charge in [-0.1, -0.05) is 84.5 Å². The molecule has 1 N–H and O–H groups in total. The highest BCUT2D eigenvalue weighted by molar-refractivity contribution is 5.98. The van der Waals surface area contributed by atoms with E-state index >= 15 is 0 Å². The zero-order valence-corrected chi connectivity index (χ0v) is 17.3. The lowest BCUT2D eigenvalue weighted by Gasteiger charge is -2.25. The molecule has 0 atom stereocenters. The Balaban J connectivity index is 0.000000147. The van der Waals surface area contributed by atoms with Gasteiger partial charge in [-0.2, -0.15) is 0 Å². The largest absolute Gasteiger partial charge is 0.507 e. The summed E-state index contributed by atoms with van der Waals surface area (Å²) in [6, 6.07) is 23.7. The summed E-state index contributed by atoms with van der Waals surface area (Å²) in [7, 11) is 0. The molecule has 0 fully saturated rings. The van der Waals surface area contributed by atoms with Crippen molar-refractivity contribution >= 4 is 33.4 Å². The number of allylic oxidation sites excluding steroid dienone is 4. The van der Waals surface area contributed by atoms with E-state index in [1.165, 1.54) is 29.5 Å². The van der Waals surface area contributed by atoms with Crippen LogP contribution in [0.4, 0.5) is 0 Å². The van der Waals surface area contributed by atoms with Crippen LogP contribution in [0, 0.1) is 0 Å². The van der Waals surface area contributed by atoms with Crippen molar-refractivity contribution < 1.29 is 9.90 Å². The van der Waals surface area contributed by atoms with Gasteiger partial charge in [-0.3, -0.25) is 4.79 Å². The fourth-order valence-corrected chi connectivity index (χ4v) is 4.83. The number of rotatable bonds is 1. The van der Waals surface area contributed by atoms with E-state index in [1.807, 2.05) is 48.5 Å². The lowest BCUT2D eigenvalue weighted by atomic mass is 9.79. The van der Waals surface area contributed by atoms with Crippen LogP contribution in [-0.2, 0) is 6.42 Å². The normalized spacial score (nSPS) is 14.6. The number of hydrogen-bond acceptors (Lipinski definition) is 2. The van der Waals surface area contributed by atoms with Crippen molar-refractivity contribution in [2.75, 3.05) is 0 Å². The third-order valence-corrected chi connectivity index (χ3v) is 6.33. The summed E-state index contributed by atoms with van der Waals surface area (Å²) in [4.78, 5) is 10.6. The predicted molar refractivity (Wildman–Crippen MR) is 129 cm³/mol. The van der Waals surface area contributed by atoms with Crippen molar-refractivity contribution in [3.8, 4) is 5.75 Å². The second kappa shape index (κ2) is 8.23. The van der Waals surface area contributed by atoms with Crippen LogP contribution in [-0.4, -0.2) is 11.4 Å². The molecule has 0 bridgehead atoms. The smallest absolute Gasteiger partial charge is 0.150 e. The number of phenols is 1. The molecular weight excluding hydrogens is 380 g/mol. The van der Waals surface area contributed by atoms with Gasteiger partial charge >= 0.3 is 0 Å². The van der Waals surface area contributed by atoms with E-state index in [0.717, 1.165) is 46.2 Å². The standard InChI is InChI=1S/C18H16O.C11H8O/c19-17-7-3-5-13-9-10-15-14-6-2-1-4-12(14)8-11-16(15)18(13)17;12-8-10-6-3-5-9-4-1-2-7-11(9)10/h2-3,5-7,9-10,19H,1,4,8,11H2;1-8H. The number of phenolic OH excluding ortho intramolecular Hbond substituents is 1. The van der Waals surface area contributed by atoms with Crippen LogP contribution >= 0.6 is 0 Å². The van der Waals surface area contributed by atoms with Gasteiger partial charge in [0, 0.05) is 10.9 Å². The molecule has 0 amide bonds. The second-order valence-electron chi connectivity index (χ2n) is 8.11. The Kier molecular flexibility index (Phi) is 5.13. The van der Waals surface area contributed by atoms with Crippen molar-refractivity contribution in [1.82, 2.24) is 0 Å². The van der Waals surface area contributed by atoms with Gasteiger partial charge in [-0.15, -0.1) is 0 Å². The van der Waals surface area contributed by atoms with Crippen LogP contribution in [0.1, 0.15) is 40.7 Å². The van der Waals surface area contributed by atoms with Gasteiger partial charge in [0.1, 0.15) is 5.75 Å². The van der Waals surface area contributed by atoms with E-state index in [4.69, 9.17) is 0 Å². The van der Waals surface area contributed by atoms with Gasteiger partial charge in [0.25, 0.3) is 0 Å². The number of carbonyl (C=O) groups is 1. The summed E-state index contributed by atoms with van der Waals surface area (Å²) >= 11 is 0. The van der Waals surface area contributed by atoms with Crippen LogP contribution in [0.3, 0.4) is 0 Å². The van der Waals surface area contributed by atoms with E-state index in [1.54, 1.807) is 11.6 Å². The third kappa shape index (κ3) is 3.55. The van der Waals surface area contributed by atoms with Crippen LogP contribution in [0.15, 0.2) is 90.5 Å². The minimum absolute atomic E-state index is 0.415. The number of aromatic hydroxyl groups is 1. The highest BCUT2D eigenvalue weighted by Crippen LogP contribution is 2.41. The average molecular weight is 405 g/mol. The molecule has 2 nitrogen and oxygen atoms in total. The minimum atomic E-state index is 0.415. The number of benzene rings is 4. The summed E-state index contributed by atoms with van der Waals surface area (Å²) in [6.07, 6.45) is 9.99. The first-order valence-electron chi connectivity index (χ1n) is 10.8. The molecule has 2 aliphatic carbocycles. The monoisotopic (exact) mass is 404 g/mol. The maximum atomic E-state index is 10.6. The number of hydrogen-bond donors (Lipinski definition) is 1. The van der Waals surface area contributed by atoms with Crippen molar-refractivity contribution in [2.24, 2.45) is 0 Å². The van der Waals surface area contributed by atoms with Crippen molar-refractivity contribution in [2.45, 2.75) is 25.7 Å². The minimum Gasteiger partial charge on any atom is -0.507 e. The first kappa shape index (κ1) is 19.3. The zero-order chi connectivity index (χ0) is 21.2. The number of aryl methyl sites for hydroxylation is 1. The molecule has 6 rings (SSSR count). The lowest BCUT2D eigenvalue weighted by Crippen LogP contribution is -2.07. The maximum Gasteiger partial charge on any atom is 0.150 e. The Morgan fingerprint density at radius 1 is 0.774 bits per heavy atom. The van der Waals surface area contributed by atoms with Crippen LogP contribution in [0.2, 0.25) is 0 Å². The fraction of sp³-hybridized carbons (Fsp3) is 0.138. The first-order chi connectivity index (χ1) is 15.3. The van der Waals surface area contributed by atoms with Gasteiger partial charge < -0.3 is 5.11 Å². The van der Waals surface area contributed by atoms with E-state index in [0.29, 0.717) is 5.75 Å². The van der Waals surface area contributed by atoms with Gasteiger partial charge in [0.15, 0.2) is 6.29 Å². The molecule has 0 saturated heterocycles. The summed E-state index contributed by atoms with van der Waals surface area (Å²) in [5.74, 6) is 0.415. The molecule has 4 aromatic rings. The fourth-order valence-electron chi connectivity index (χ4n) is 4.83. The summed E-state index contributed by atoms with van der Waals surface area (Å²) in [5.41, 5.74) is 6.39. The molecule has 0 aromatic heterocycles. The molecule has 0 aliphatic heterocycles. The van der Waals surface area contributed by atoms with Crippen molar-refractivity contribution in [1.29, 1.82) is 0 Å². The SMILES string of the molecule is O=Cc1cccc2ccccc12.Oc1cccc2ccc3c(c12)CCC1=C3C=CCC1. The van der Waals surface area contributed by atoms with Gasteiger partial charge in [-0.05, 0) is 64.6 Å². The van der Waals surface area contributed by atoms with Crippen LogP contribution in [0.5, 0.6) is 5.75 Å². The summed E-state index contributed by atoms with van der Waals surface area (Å²) < 4.78 is 0.